The van der Waals surface area contributed by atoms with Crippen molar-refractivity contribution in [1.82, 2.24) is 10.2 Å². The molecule has 2 aliphatic rings. The van der Waals surface area contributed by atoms with Crippen LogP contribution in [0.4, 0.5) is 4.79 Å². The fraction of sp³-hybridized carbons (Fsp3) is 0.556. The first kappa shape index (κ1) is 15.1. The highest BCUT2D eigenvalue weighted by Crippen LogP contribution is 2.38. The van der Waals surface area contributed by atoms with Crippen LogP contribution in [0, 0.1) is 5.92 Å². The maximum atomic E-state index is 12.8. The van der Waals surface area contributed by atoms with Crippen molar-refractivity contribution in [3.8, 4) is 0 Å². The van der Waals surface area contributed by atoms with Crippen molar-refractivity contribution in [2.45, 2.75) is 51.0 Å². The van der Waals surface area contributed by atoms with E-state index in [1.807, 2.05) is 18.2 Å². The van der Waals surface area contributed by atoms with Gasteiger partial charge < -0.3 is 5.32 Å². The lowest BCUT2D eigenvalue weighted by atomic mass is 9.73. The predicted octanol–water partition coefficient (Wildman–Crippen LogP) is 3.12. The molecule has 0 unspecified atom stereocenters. The van der Waals surface area contributed by atoms with Crippen molar-refractivity contribution in [2.24, 2.45) is 5.92 Å². The summed E-state index contributed by atoms with van der Waals surface area (Å²) in [6.07, 6.45) is 5.68. The zero-order valence-corrected chi connectivity index (χ0v) is 13.2. The van der Waals surface area contributed by atoms with E-state index in [-0.39, 0.29) is 17.9 Å². The van der Waals surface area contributed by atoms with E-state index in [1.165, 1.54) is 10.5 Å². The van der Waals surface area contributed by atoms with Crippen LogP contribution in [0.2, 0.25) is 0 Å². The Labute approximate surface area is 131 Å². The number of urea groups is 1. The highest BCUT2D eigenvalue weighted by Gasteiger charge is 2.54. The summed E-state index contributed by atoms with van der Waals surface area (Å²) in [4.78, 5) is 26.5. The Balaban J connectivity index is 1.62. The van der Waals surface area contributed by atoms with Gasteiger partial charge in [-0.3, -0.25) is 9.69 Å². The first-order chi connectivity index (χ1) is 10.6. The molecule has 0 bridgehead atoms. The minimum atomic E-state index is -0.623. The van der Waals surface area contributed by atoms with Gasteiger partial charge in [-0.25, -0.2) is 4.79 Å². The van der Waals surface area contributed by atoms with E-state index < -0.39 is 5.54 Å². The highest BCUT2D eigenvalue weighted by molar-refractivity contribution is 6.07. The van der Waals surface area contributed by atoms with E-state index in [0.29, 0.717) is 6.54 Å². The molecule has 2 fully saturated rings. The second-order valence-electron chi connectivity index (χ2n) is 6.59. The molecule has 3 amide bonds. The molecule has 1 aromatic carbocycles. The standard InChI is InChI=1S/C18H24N2O2/c1-14-8-5-6-12-18(14)16(21)20(17(22)19-18)13-7-11-15-9-3-2-4-10-15/h2-4,9-10,14H,5-8,11-13H2,1H3,(H,19,22)/t14-,18+/m1/s1. The minimum absolute atomic E-state index is 0.00207. The van der Waals surface area contributed by atoms with Gasteiger partial charge in [0.1, 0.15) is 5.54 Å². The number of imide groups is 1. The summed E-state index contributed by atoms with van der Waals surface area (Å²) >= 11 is 0. The molecule has 4 heteroatoms. The number of nitrogens with zero attached hydrogens (tertiary/aromatic N) is 1. The number of amides is 3. The van der Waals surface area contributed by atoms with Crippen molar-refractivity contribution in [3.63, 3.8) is 0 Å². The van der Waals surface area contributed by atoms with Crippen LogP contribution in [0.5, 0.6) is 0 Å². The molecule has 1 N–H and O–H groups in total. The third kappa shape index (κ3) is 2.62. The van der Waals surface area contributed by atoms with Gasteiger partial charge in [0.05, 0.1) is 0 Å². The fourth-order valence-corrected chi connectivity index (χ4v) is 3.78. The molecule has 1 saturated heterocycles. The predicted molar refractivity (Wildman–Crippen MR) is 85.4 cm³/mol. The molecule has 1 saturated carbocycles. The zero-order valence-electron chi connectivity index (χ0n) is 13.2. The van der Waals surface area contributed by atoms with E-state index in [0.717, 1.165) is 38.5 Å². The van der Waals surface area contributed by atoms with Crippen molar-refractivity contribution < 1.29 is 9.59 Å². The average molecular weight is 300 g/mol. The molecule has 1 heterocycles. The molecule has 0 aromatic heterocycles. The Bertz CT molecular complexity index is 557. The van der Waals surface area contributed by atoms with Gasteiger partial charge in [-0.1, -0.05) is 50.1 Å². The van der Waals surface area contributed by atoms with Crippen LogP contribution < -0.4 is 5.32 Å². The zero-order chi connectivity index (χ0) is 15.6. The maximum absolute atomic E-state index is 12.8. The van der Waals surface area contributed by atoms with Crippen molar-refractivity contribution in [3.05, 3.63) is 35.9 Å². The molecule has 1 aliphatic heterocycles. The number of hydrogen-bond donors (Lipinski definition) is 1. The van der Waals surface area contributed by atoms with Crippen molar-refractivity contribution in [2.75, 3.05) is 6.54 Å². The Kier molecular flexibility index (Phi) is 4.19. The first-order valence-corrected chi connectivity index (χ1v) is 8.31. The summed E-state index contributed by atoms with van der Waals surface area (Å²) in [5.74, 6) is 0.231. The van der Waals surface area contributed by atoms with Crippen molar-refractivity contribution in [1.29, 1.82) is 0 Å². The lowest BCUT2D eigenvalue weighted by molar-refractivity contribution is -0.134. The minimum Gasteiger partial charge on any atom is -0.323 e. The summed E-state index contributed by atoms with van der Waals surface area (Å²) in [7, 11) is 0. The van der Waals surface area contributed by atoms with Gasteiger partial charge in [-0.2, -0.15) is 0 Å². The van der Waals surface area contributed by atoms with Gasteiger partial charge in [0.25, 0.3) is 5.91 Å². The first-order valence-electron chi connectivity index (χ1n) is 8.31. The van der Waals surface area contributed by atoms with Crippen LogP contribution in [0.3, 0.4) is 0 Å². The number of nitrogens with one attached hydrogen (secondary N) is 1. The van der Waals surface area contributed by atoms with Crippen LogP contribution in [0.15, 0.2) is 30.3 Å². The molecule has 2 atom stereocenters. The lowest BCUT2D eigenvalue weighted by Crippen LogP contribution is -2.53. The van der Waals surface area contributed by atoms with E-state index in [4.69, 9.17) is 0 Å². The molecular formula is C18H24N2O2. The number of carbonyl (C=O) groups is 2. The summed E-state index contributed by atoms with van der Waals surface area (Å²) in [5.41, 5.74) is 0.623. The smallest absolute Gasteiger partial charge is 0.323 e. The monoisotopic (exact) mass is 300 g/mol. The molecule has 1 spiro atoms. The van der Waals surface area contributed by atoms with Gasteiger partial charge >= 0.3 is 6.03 Å². The Morgan fingerprint density at radius 3 is 2.73 bits per heavy atom. The Morgan fingerprint density at radius 2 is 2.00 bits per heavy atom. The van der Waals surface area contributed by atoms with Crippen LogP contribution in [0.1, 0.15) is 44.6 Å². The van der Waals surface area contributed by atoms with E-state index in [2.05, 4.69) is 24.4 Å². The normalized spacial score (nSPS) is 28.2. The third-order valence-electron chi connectivity index (χ3n) is 5.19. The van der Waals surface area contributed by atoms with Crippen molar-refractivity contribution >= 4 is 11.9 Å². The average Bonchev–Trinajstić information content (AvgIpc) is 2.76. The topological polar surface area (TPSA) is 49.4 Å². The van der Waals surface area contributed by atoms with Gasteiger partial charge in [0.15, 0.2) is 0 Å². The van der Waals surface area contributed by atoms with Gasteiger partial charge in [-0.05, 0) is 37.2 Å². The van der Waals surface area contributed by atoms with Crippen LogP contribution >= 0.6 is 0 Å². The second-order valence-corrected chi connectivity index (χ2v) is 6.59. The highest BCUT2D eigenvalue weighted by atomic mass is 16.2. The lowest BCUT2D eigenvalue weighted by Gasteiger charge is -2.36. The molecule has 4 nitrogen and oxygen atoms in total. The van der Waals surface area contributed by atoms with Gasteiger partial charge in [0, 0.05) is 6.54 Å². The van der Waals surface area contributed by atoms with E-state index >= 15 is 0 Å². The third-order valence-corrected chi connectivity index (χ3v) is 5.19. The quantitative estimate of drug-likeness (QED) is 0.869. The van der Waals surface area contributed by atoms with Gasteiger partial charge in [-0.15, -0.1) is 0 Å². The van der Waals surface area contributed by atoms with E-state index in [1.54, 1.807) is 0 Å². The molecular weight excluding hydrogens is 276 g/mol. The van der Waals surface area contributed by atoms with Crippen LogP contribution in [0.25, 0.3) is 0 Å². The van der Waals surface area contributed by atoms with Crippen LogP contribution in [-0.4, -0.2) is 28.9 Å². The molecule has 1 aliphatic carbocycles. The van der Waals surface area contributed by atoms with Crippen LogP contribution in [-0.2, 0) is 11.2 Å². The number of benzene rings is 1. The molecule has 3 rings (SSSR count). The number of hydrogen-bond acceptors (Lipinski definition) is 2. The fourth-order valence-electron chi connectivity index (χ4n) is 3.78. The number of aryl methyl sites for hydroxylation is 1. The molecule has 0 radical (unpaired) electrons. The summed E-state index contributed by atoms with van der Waals surface area (Å²) in [5, 5.41) is 3.00. The Morgan fingerprint density at radius 1 is 1.23 bits per heavy atom. The second kappa shape index (κ2) is 6.11. The number of rotatable bonds is 4. The summed E-state index contributed by atoms with van der Waals surface area (Å²) in [6.45, 7) is 2.60. The molecule has 1 aromatic rings. The molecule has 22 heavy (non-hydrogen) atoms. The van der Waals surface area contributed by atoms with Gasteiger partial charge in [0.2, 0.25) is 0 Å². The summed E-state index contributed by atoms with van der Waals surface area (Å²) in [6, 6.07) is 9.98. The molecule has 118 valence electrons. The maximum Gasteiger partial charge on any atom is 0.325 e. The SMILES string of the molecule is C[C@@H]1CCCC[C@]12NC(=O)N(CCCc1ccccc1)C2=O. The number of carbonyl (C=O) groups excluding carboxylic acids is 2. The summed E-state index contributed by atoms with van der Waals surface area (Å²) < 4.78 is 0. The van der Waals surface area contributed by atoms with E-state index in [9.17, 15) is 9.59 Å². The largest absolute Gasteiger partial charge is 0.325 e. The Hall–Kier alpha value is -1.84.